The lowest BCUT2D eigenvalue weighted by Gasteiger charge is -2.19. The summed E-state index contributed by atoms with van der Waals surface area (Å²) in [5, 5.41) is 8.51. The largest absolute Gasteiger partial charge is 0.473 e. The van der Waals surface area contributed by atoms with Crippen molar-refractivity contribution in [2.24, 2.45) is 0 Å². The van der Waals surface area contributed by atoms with Crippen LogP contribution in [0.5, 0.6) is 0 Å². The van der Waals surface area contributed by atoms with Crippen LogP contribution in [0.2, 0.25) is 0 Å². The van der Waals surface area contributed by atoms with Gasteiger partial charge in [-0.1, -0.05) is 0 Å². The fourth-order valence-corrected chi connectivity index (χ4v) is 1.06. The van der Waals surface area contributed by atoms with Gasteiger partial charge in [0.15, 0.2) is 6.29 Å². The van der Waals surface area contributed by atoms with E-state index in [0.29, 0.717) is 6.61 Å². The second-order valence-corrected chi connectivity index (χ2v) is 2.82. The maximum absolute atomic E-state index is 8.51. The van der Waals surface area contributed by atoms with Gasteiger partial charge in [-0.15, -0.1) is 0 Å². The van der Waals surface area contributed by atoms with E-state index in [0.717, 1.165) is 25.7 Å². The average Bonchev–Trinajstić information content (AvgIpc) is 2.14. The quantitative estimate of drug-likeness (QED) is 0.637. The zero-order valence-corrected chi connectivity index (χ0v) is 7.24. The van der Waals surface area contributed by atoms with Crippen LogP contribution in [0.15, 0.2) is 12.3 Å². The number of unbranched alkanes of at least 4 members (excludes halogenated alkanes) is 1. The molecular formula is C9H16O3. The smallest absolute Gasteiger partial charge is 0.199 e. The molecule has 3 heteroatoms. The fraction of sp³-hybridized carbons (Fsp3) is 0.778. The van der Waals surface area contributed by atoms with Crippen molar-refractivity contribution in [2.45, 2.75) is 32.0 Å². The lowest BCUT2D eigenvalue weighted by molar-refractivity contribution is -0.116. The number of rotatable bonds is 5. The summed E-state index contributed by atoms with van der Waals surface area (Å²) in [6, 6.07) is 0. The number of ether oxygens (including phenoxy) is 2. The van der Waals surface area contributed by atoms with E-state index in [2.05, 4.69) is 0 Å². The molecule has 0 aromatic rings. The summed E-state index contributed by atoms with van der Waals surface area (Å²) in [7, 11) is 0. The Morgan fingerprint density at radius 3 is 3.08 bits per heavy atom. The third kappa shape index (κ3) is 3.74. The third-order valence-electron chi connectivity index (χ3n) is 1.75. The van der Waals surface area contributed by atoms with Crippen molar-refractivity contribution in [3.8, 4) is 0 Å². The van der Waals surface area contributed by atoms with Crippen molar-refractivity contribution < 1.29 is 14.6 Å². The van der Waals surface area contributed by atoms with Gasteiger partial charge in [-0.25, -0.2) is 0 Å². The Balaban J connectivity index is 1.95. The van der Waals surface area contributed by atoms with Gasteiger partial charge in [0.25, 0.3) is 0 Å². The summed E-state index contributed by atoms with van der Waals surface area (Å²) < 4.78 is 10.6. The maximum atomic E-state index is 8.51. The zero-order chi connectivity index (χ0) is 8.65. The number of hydrogen-bond acceptors (Lipinski definition) is 3. The van der Waals surface area contributed by atoms with E-state index in [1.54, 1.807) is 6.26 Å². The standard InChI is InChI=1S/C9H16O3/c10-6-2-4-8-12-9-5-1-3-7-11-9/h3,7,9-10H,1-2,4-6,8H2. The van der Waals surface area contributed by atoms with E-state index >= 15 is 0 Å². The van der Waals surface area contributed by atoms with Gasteiger partial charge in [-0.05, 0) is 25.3 Å². The number of hydrogen-bond donors (Lipinski definition) is 1. The first-order valence-electron chi connectivity index (χ1n) is 4.46. The molecule has 0 aromatic heterocycles. The molecule has 0 saturated carbocycles. The minimum absolute atomic E-state index is 0.0614. The number of aliphatic hydroxyl groups excluding tert-OH is 1. The van der Waals surface area contributed by atoms with Crippen molar-refractivity contribution >= 4 is 0 Å². The molecule has 0 radical (unpaired) electrons. The van der Waals surface area contributed by atoms with Crippen molar-refractivity contribution in [3.05, 3.63) is 12.3 Å². The van der Waals surface area contributed by atoms with Gasteiger partial charge >= 0.3 is 0 Å². The molecule has 1 N–H and O–H groups in total. The summed E-state index contributed by atoms with van der Waals surface area (Å²) >= 11 is 0. The van der Waals surface area contributed by atoms with Crippen LogP contribution in [0.3, 0.4) is 0 Å². The fourth-order valence-electron chi connectivity index (χ4n) is 1.06. The molecule has 1 aliphatic rings. The molecule has 12 heavy (non-hydrogen) atoms. The normalized spacial score (nSPS) is 22.2. The van der Waals surface area contributed by atoms with E-state index in [1.165, 1.54) is 0 Å². The van der Waals surface area contributed by atoms with E-state index in [-0.39, 0.29) is 12.9 Å². The molecule has 0 fully saturated rings. The van der Waals surface area contributed by atoms with Crippen molar-refractivity contribution in [2.75, 3.05) is 13.2 Å². The Bertz CT molecular complexity index is 134. The maximum Gasteiger partial charge on any atom is 0.199 e. The molecule has 0 aliphatic carbocycles. The van der Waals surface area contributed by atoms with Gasteiger partial charge in [-0.2, -0.15) is 0 Å². The number of allylic oxidation sites excluding steroid dienone is 1. The molecule has 0 saturated heterocycles. The summed E-state index contributed by atoms with van der Waals surface area (Å²) in [6.45, 7) is 0.924. The minimum Gasteiger partial charge on any atom is -0.473 e. The minimum atomic E-state index is -0.0614. The van der Waals surface area contributed by atoms with Gasteiger partial charge in [-0.3, -0.25) is 0 Å². The highest BCUT2D eigenvalue weighted by molar-refractivity contribution is 4.78. The van der Waals surface area contributed by atoms with E-state index in [4.69, 9.17) is 14.6 Å². The van der Waals surface area contributed by atoms with E-state index in [1.807, 2.05) is 6.08 Å². The summed E-state index contributed by atoms with van der Waals surface area (Å²) in [6.07, 6.45) is 7.31. The predicted octanol–water partition coefficient (Wildman–Crippen LogP) is 1.43. The Morgan fingerprint density at radius 1 is 1.50 bits per heavy atom. The third-order valence-corrected chi connectivity index (χ3v) is 1.75. The van der Waals surface area contributed by atoms with Gasteiger partial charge in [0, 0.05) is 13.0 Å². The highest BCUT2D eigenvalue weighted by atomic mass is 16.7. The van der Waals surface area contributed by atoms with Crippen molar-refractivity contribution in [1.82, 2.24) is 0 Å². The van der Waals surface area contributed by atoms with Gasteiger partial charge in [0.1, 0.15) is 0 Å². The second-order valence-electron chi connectivity index (χ2n) is 2.82. The monoisotopic (exact) mass is 172 g/mol. The van der Waals surface area contributed by atoms with Crippen LogP contribution in [0.1, 0.15) is 25.7 Å². The molecule has 3 nitrogen and oxygen atoms in total. The van der Waals surface area contributed by atoms with Crippen LogP contribution in [0, 0.1) is 0 Å². The first-order chi connectivity index (χ1) is 5.93. The van der Waals surface area contributed by atoms with Gasteiger partial charge in [0.05, 0.1) is 12.9 Å². The molecule has 0 spiro atoms. The molecule has 1 atom stereocenters. The average molecular weight is 172 g/mol. The molecule has 70 valence electrons. The predicted molar refractivity (Wildman–Crippen MR) is 45.5 cm³/mol. The molecule has 0 aromatic carbocycles. The van der Waals surface area contributed by atoms with Gasteiger partial charge < -0.3 is 14.6 Å². The van der Waals surface area contributed by atoms with Crippen LogP contribution in [-0.4, -0.2) is 24.6 Å². The van der Waals surface area contributed by atoms with Crippen LogP contribution >= 0.6 is 0 Å². The van der Waals surface area contributed by atoms with Crippen LogP contribution < -0.4 is 0 Å². The first-order valence-corrected chi connectivity index (χ1v) is 4.46. The lowest BCUT2D eigenvalue weighted by Crippen LogP contribution is -2.17. The zero-order valence-electron chi connectivity index (χ0n) is 7.24. The van der Waals surface area contributed by atoms with E-state index in [9.17, 15) is 0 Å². The Morgan fingerprint density at radius 2 is 2.42 bits per heavy atom. The first kappa shape index (κ1) is 9.55. The Labute approximate surface area is 73.0 Å². The molecule has 0 bridgehead atoms. The number of aliphatic hydroxyl groups is 1. The summed E-state index contributed by atoms with van der Waals surface area (Å²) in [4.78, 5) is 0. The Hall–Kier alpha value is -0.540. The molecule has 1 unspecified atom stereocenters. The van der Waals surface area contributed by atoms with E-state index < -0.39 is 0 Å². The van der Waals surface area contributed by atoms with Crippen molar-refractivity contribution in [3.63, 3.8) is 0 Å². The van der Waals surface area contributed by atoms with Crippen LogP contribution in [0.25, 0.3) is 0 Å². The molecule has 0 amide bonds. The van der Waals surface area contributed by atoms with Gasteiger partial charge in [0.2, 0.25) is 0 Å². The molecule has 1 rings (SSSR count). The lowest BCUT2D eigenvalue weighted by atomic mass is 10.2. The topological polar surface area (TPSA) is 38.7 Å². The summed E-state index contributed by atoms with van der Waals surface area (Å²) in [5.74, 6) is 0. The second kappa shape index (κ2) is 6.03. The SMILES string of the molecule is OCCCCOC1CCC=CO1. The molecular weight excluding hydrogens is 156 g/mol. The van der Waals surface area contributed by atoms with Crippen molar-refractivity contribution in [1.29, 1.82) is 0 Å². The molecule has 1 aliphatic heterocycles. The molecule has 1 heterocycles. The highest BCUT2D eigenvalue weighted by Crippen LogP contribution is 2.11. The van der Waals surface area contributed by atoms with Crippen LogP contribution in [-0.2, 0) is 9.47 Å². The van der Waals surface area contributed by atoms with Crippen LogP contribution in [0.4, 0.5) is 0 Å². The summed E-state index contributed by atoms with van der Waals surface area (Å²) in [5.41, 5.74) is 0. The highest BCUT2D eigenvalue weighted by Gasteiger charge is 2.09. The Kier molecular flexibility index (Phi) is 4.80.